The predicted molar refractivity (Wildman–Crippen MR) is 146 cm³/mol. The van der Waals surface area contributed by atoms with Gasteiger partial charge in [-0.05, 0) is 66.4 Å². The van der Waals surface area contributed by atoms with Gasteiger partial charge in [-0.25, -0.2) is 9.69 Å². The molecule has 4 amide bonds. The molecule has 1 aliphatic rings. The molecular formula is C29H25BrN2O5. The zero-order chi connectivity index (χ0) is 26.5. The predicted octanol–water partition coefficient (Wildman–Crippen LogP) is 5.74. The summed E-state index contributed by atoms with van der Waals surface area (Å²) in [6.45, 7) is 6.01. The van der Waals surface area contributed by atoms with Crippen molar-refractivity contribution < 1.29 is 23.9 Å². The van der Waals surface area contributed by atoms with Crippen LogP contribution < -0.4 is 19.7 Å². The van der Waals surface area contributed by atoms with Crippen molar-refractivity contribution in [2.45, 2.75) is 20.0 Å². The number of carbonyl (C=O) groups is 3. The van der Waals surface area contributed by atoms with Gasteiger partial charge in [0.25, 0.3) is 11.8 Å². The van der Waals surface area contributed by atoms with Crippen LogP contribution in [0.2, 0.25) is 0 Å². The van der Waals surface area contributed by atoms with Crippen molar-refractivity contribution in [2.24, 2.45) is 0 Å². The average Bonchev–Trinajstić information content (AvgIpc) is 2.88. The molecule has 0 aliphatic carbocycles. The monoisotopic (exact) mass is 560 g/mol. The minimum atomic E-state index is -0.802. The zero-order valence-electron chi connectivity index (χ0n) is 20.4. The zero-order valence-corrected chi connectivity index (χ0v) is 22.0. The van der Waals surface area contributed by atoms with Crippen LogP contribution in [0, 0.1) is 6.92 Å². The van der Waals surface area contributed by atoms with Gasteiger partial charge in [0.1, 0.15) is 12.2 Å². The van der Waals surface area contributed by atoms with Gasteiger partial charge in [0.05, 0.1) is 12.8 Å². The van der Waals surface area contributed by atoms with Crippen molar-refractivity contribution in [3.63, 3.8) is 0 Å². The Hall–Kier alpha value is -4.17. The second-order valence-electron chi connectivity index (χ2n) is 8.37. The maximum Gasteiger partial charge on any atom is 0.335 e. The standard InChI is InChI=1S/C29H25BrN2O5/c1-4-8-21-14-20(16-25(36-3)26(21)37-17-19-9-6-5-7-10-19)15-23-27(33)31-29(35)32(28(23)34)22-11-12-24(30)18(2)13-22/h4-7,9-16H,1,8,17H2,2-3H3,(H,31,33,35)/b23-15+. The molecule has 1 aliphatic heterocycles. The average molecular weight is 561 g/mol. The van der Waals surface area contributed by atoms with Gasteiger partial charge < -0.3 is 9.47 Å². The van der Waals surface area contributed by atoms with Crippen molar-refractivity contribution in [2.75, 3.05) is 12.0 Å². The number of halogens is 1. The molecule has 0 saturated carbocycles. The summed E-state index contributed by atoms with van der Waals surface area (Å²) in [6.07, 6.45) is 3.65. The van der Waals surface area contributed by atoms with Gasteiger partial charge in [0.15, 0.2) is 11.5 Å². The van der Waals surface area contributed by atoms with Crippen LogP contribution in [0.3, 0.4) is 0 Å². The van der Waals surface area contributed by atoms with E-state index in [4.69, 9.17) is 9.47 Å². The van der Waals surface area contributed by atoms with E-state index in [2.05, 4.69) is 27.8 Å². The van der Waals surface area contributed by atoms with Crippen molar-refractivity contribution in [1.82, 2.24) is 5.32 Å². The lowest BCUT2D eigenvalue weighted by Crippen LogP contribution is -2.54. The van der Waals surface area contributed by atoms with Gasteiger partial charge in [-0.3, -0.25) is 14.9 Å². The summed E-state index contributed by atoms with van der Waals surface area (Å²) in [6, 6.07) is 17.5. The van der Waals surface area contributed by atoms with Crippen LogP contribution in [-0.2, 0) is 22.6 Å². The number of hydrogen-bond donors (Lipinski definition) is 1. The number of barbiturate groups is 1. The number of amides is 4. The van der Waals surface area contributed by atoms with E-state index >= 15 is 0 Å². The second kappa shape index (κ2) is 11.3. The van der Waals surface area contributed by atoms with Crippen LogP contribution in [0.1, 0.15) is 22.3 Å². The first-order chi connectivity index (χ1) is 17.8. The fourth-order valence-corrected chi connectivity index (χ4v) is 4.19. The largest absolute Gasteiger partial charge is 0.493 e. The SMILES string of the molecule is C=CCc1cc(/C=C2\C(=O)NC(=O)N(c3ccc(Br)c(C)c3)C2=O)cc(OC)c1OCc1ccccc1. The van der Waals surface area contributed by atoms with E-state index < -0.39 is 17.8 Å². The highest BCUT2D eigenvalue weighted by Crippen LogP contribution is 2.35. The highest BCUT2D eigenvalue weighted by molar-refractivity contribution is 9.10. The number of imide groups is 2. The molecular weight excluding hydrogens is 536 g/mol. The summed E-state index contributed by atoms with van der Waals surface area (Å²) in [7, 11) is 1.52. The lowest BCUT2D eigenvalue weighted by molar-refractivity contribution is -0.122. The van der Waals surface area contributed by atoms with Crippen molar-refractivity contribution in [1.29, 1.82) is 0 Å². The van der Waals surface area contributed by atoms with Gasteiger partial charge in [0, 0.05) is 10.0 Å². The van der Waals surface area contributed by atoms with E-state index in [-0.39, 0.29) is 5.57 Å². The van der Waals surface area contributed by atoms with Gasteiger partial charge in [-0.2, -0.15) is 0 Å². The summed E-state index contributed by atoms with van der Waals surface area (Å²) in [5, 5.41) is 2.26. The normalized spacial score (nSPS) is 14.5. The van der Waals surface area contributed by atoms with Gasteiger partial charge in [-0.15, -0.1) is 6.58 Å². The lowest BCUT2D eigenvalue weighted by atomic mass is 10.0. The quantitative estimate of drug-likeness (QED) is 0.216. The minimum absolute atomic E-state index is 0.176. The molecule has 1 N–H and O–H groups in total. The molecule has 0 bridgehead atoms. The number of nitrogens with one attached hydrogen (secondary N) is 1. The topological polar surface area (TPSA) is 84.9 Å². The van der Waals surface area contributed by atoms with Crippen LogP contribution in [0.15, 0.2) is 83.4 Å². The van der Waals surface area contributed by atoms with Crippen LogP contribution in [0.5, 0.6) is 11.5 Å². The summed E-state index contributed by atoms with van der Waals surface area (Å²) >= 11 is 3.41. The Bertz CT molecular complexity index is 1420. The number of hydrogen-bond acceptors (Lipinski definition) is 5. The molecule has 37 heavy (non-hydrogen) atoms. The Morgan fingerprint density at radius 2 is 1.81 bits per heavy atom. The summed E-state index contributed by atoms with van der Waals surface area (Å²) in [5.41, 5.74) is 3.34. The van der Waals surface area contributed by atoms with Crippen LogP contribution >= 0.6 is 15.9 Å². The molecule has 0 spiro atoms. The van der Waals surface area contributed by atoms with E-state index in [1.165, 1.54) is 13.2 Å². The summed E-state index contributed by atoms with van der Waals surface area (Å²) in [5.74, 6) is -0.491. The number of allylic oxidation sites excluding steroid dienone is 1. The Kier molecular flexibility index (Phi) is 7.89. The van der Waals surface area contributed by atoms with E-state index in [0.29, 0.717) is 35.8 Å². The number of urea groups is 1. The maximum atomic E-state index is 13.3. The summed E-state index contributed by atoms with van der Waals surface area (Å²) < 4.78 is 12.5. The van der Waals surface area contributed by atoms with Gasteiger partial charge >= 0.3 is 6.03 Å². The highest BCUT2D eigenvalue weighted by Gasteiger charge is 2.37. The molecule has 188 valence electrons. The Morgan fingerprint density at radius 1 is 1.05 bits per heavy atom. The number of ether oxygens (including phenoxy) is 2. The third kappa shape index (κ3) is 5.65. The number of methoxy groups -OCH3 is 1. The molecule has 0 radical (unpaired) electrons. The number of nitrogens with zero attached hydrogens (tertiary/aromatic N) is 1. The van der Waals surface area contributed by atoms with Gasteiger partial charge in [-0.1, -0.05) is 52.3 Å². The van der Waals surface area contributed by atoms with Gasteiger partial charge in [0.2, 0.25) is 0 Å². The molecule has 3 aromatic rings. The molecule has 0 aromatic heterocycles. The van der Waals surface area contributed by atoms with E-state index in [9.17, 15) is 14.4 Å². The van der Waals surface area contributed by atoms with E-state index in [1.807, 2.05) is 43.3 Å². The molecule has 8 heteroatoms. The minimum Gasteiger partial charge on any atom is -0.493 e. The lowest BCUT2D eigenvalue weighted by Gasteiger charge is -2.27. The maximum absolute atomic E-state index is 13.3. The third-order valence-electron chi connectivity index (χ3n) is 5.78. The Morgan fingerprint density at radius 3 is 2.49 bits per heavy atom. The Balaban J connectivity index is 1.71. The molecule has 1 fully saturated rings. The molecule has 4 rings (SSSR count). The number of rotatable bonds is 8. The molecule has 0 atom stereocenters. The van der Waals surface area contributed by atoms with Crippen LogP contribution in [0.4, 0.5) is 10.5 Å². The third-order valence-corrected chi connectivity index (χ3v) is 6.67. The number of benzene rings is 3. The van der Waals surface area contributed by atoms with Crippen molar-refractivity contribution in [3.05, 3.63) is 106 Å². The first-order valence-corrected chi connectivity index (χ1v) is 12.3. The highest BCUT2D eigenvalue weighted by atomic mass is 79.9. The first kappa shape index (κ1) is 25.9. The fraction of sp³-hybridized carbons (Fsp3) is 0.138. The molecule has 1 saturated heterocycles. The number of carbonyl (C=O) groups excluding carboxylic acids is 3. The van der Waals surface area contributed by atoms with Crippen molar-refractivity contribution in [3.8, 4) is 11.5 Å². The molecule has 3 aromatic carbocycles. The number of aryl methyl sites for hydroxylation is 1. The Labute approximate surface area is 223 Å². The first-order valence-electron chi connectivity index (χ1n) is 11.5. The molecule has 0 unspecified atom stereocenters. The summed E-state index contributed by atoms with van der Waals surface area (Å²) in [4.78, 5) is 39.5. The van der Waals surface area contributed by atoms with Crippen LogP contribution in [0.25, 0.3) is 6.08 Å². The van der Waals surface area contributed by atoms with Crippen LogP contribution in [-0.4, -0.2) is 25.0 Å². The van der Waals surface area contributed by atoms with E-state index in [0.717, 1.165) is 26.1 Å². The second-order valence-corrected chi connectivity index (χ2v) is 9.22. The van der Waals surface area contributed by atoms with E-state index in [1.54, 1.807) is 30.3 Å². The smallest absolute Gasteiger partial charge is 0.335 e. The fourth-order valence-electron chi connectivity index (χ4n) is 3.95. The number of anilines is 1. The molecule has 1 heterocycles. The molecule has 7 nitrogen and oxygen atoms in total. The van der Waals surface area contributed by atoms with Crippen molar-refractivity contribution >= 4 is 45.5 Å².